The predicted molar refractivity (Wildman–Crippen MR) is 69.4 cm³/mol. The summed E-state index contributed by atoms with van der Waals surface area (Å²) >= 11 is 0. The molecule has 0 aromatic carbocycles. The number of hydrogen-bond donors (Lipinski definition) is 1. The lowest BCUT2D eigenvalue weighted by Gasteiger charge is -2.24. The molecule has 4 atom stereocenters. The number of aromatic nitrogens is 2. The Morgan fingerprint density at radius 1 is 1.43 bits per heavy atom. The van der Waals surface area contributed by atoms with Crippen molar-refractivity contribution in [3.63, 3.8) is 0 Å². The second-order valence-corrected chi connectivity index (χ2v) is 5.44. The maximum Gasteiger partial charge on any atom is 0.331 e. The van der Waals surface area contributed by atoms with Crippen molar-refractivity contribution in [3.8, 4) is 6.07 Å². The number of H-pyrrole nitrogens is 1. The fourth-order valence-electron chi connectivity index (χ4n) is 2.71. The van der Waals surface area contributed by atoms with E-state index < -0.39 is 41.6 Å². The molecule has 2 aliphatic heterocycles. The van der Waals surface area contributed by atoms with Gasteiger partial charge in [-0.1, -0.05) is 0 Å². The van der Waals surface area contributed by atoms with Gasteiger partial charge in [0.15, 0.2) is 12.0 Å². The minimum atomic E-state index is -0.930. The van der Waals surface area contributed by atoms with Crippen LogP contribution >= 0.6 is 0 Å². The largest absolute Gasteiger partial charge is 0.349 e. The highest BCUT2D eigenvalue weighted by atomic mass is 16.8. The Kier molecular flexibility index (Phi) is 2.75. The van der Waals surface area contributed by atoms with Crippen molar-refractivity contribution in [1.29, 1.82) is 5.26 Å². The van der Waals surface area contributed by atoms with E-state index in [1.807, 2.05) is 6.07 Å². The van der Waals surface area contributed by atoms with Gasteiger partial charge in [0.05, 0.1) is 6.10 Å². The molecule has 0 spiro atoms. The maximum atomic E-state index is 12.1. The molecule has 0 bridgehead atoms. The Morgan fingerprint density at radius 2 is 2.14 bits per heavy atom. The summed E-state index contributed by atoms with van der Waals surface area (Å²) in [5.41, 5.74) is -1.54. The molecule has 112 valence electrons. The van der Waals surface area contributed by atoms with Gasteiger partial charge in [-0.2, -0.15) is 5.26 Å². The molecule has 0 radical (unpaired) electrons. The molecule has 0 saturated carbocycles. The summed E-state index contributed by atoms with van der Waals surface area (Å²) in [5, 5.41) is 9.17. The number of aromatic amines is 1. The van der Waals surface area contributed by atoms with Gasteiger partial charge in [-0.25, -0.2) is 4.79 Å². The Labute approximate surface area is 121 Å². The Balaban J connectivity index is 2.08. The van der Waals surface area contributed by atoms with E-state index in [0.29, 0.717) is 0 Å². The first-order valence-corrected chi connectivity index (χ1v) is 6.42. The summed E-state index contributed by atoms with van der Waals surface area (Å²) in [6, 6.07) is 2.83. The van der Waals surface area contributed by atoms with Crippen molar-refractivity contribution in [3.05, 3.63) is 32.6 Å². The number of ether oxygens (including phenoxy) is 3. The van der Waals surface area contributed by atoms with E-state index in [1.165, 1.54) is 0 Å². The predicted octanol–water partition coefficient (Wildman–Crippen LogP) is -0.154. The number of nitrogens with zero attached hydrogens (tertiary/aromatic N) is 2. The van der Waals surface area contributed by atoms with Crippen molar-refractivity contribution in [2.24, 2.45) is 0 Å². The zero-order valence-electron chi connectivity index (χ0n) is 12.5. The Bertz CT molecular complexity index is 749. The second-order valence-electron chi connectivity index (χ2n) is 5.44. The van der Waals surface area contributed by atoms with Gasteiger partial charge >= 0.3 is 5.69 Å². The van der Waals surface area contributed by atoms with Crippen molar-refractivity contribution in [2.75, 3.05) is 0 Å². The molecule has 8 nitrogen and oxygen atoms in total. The highest BCUT2D eigenvalue weighted by Crippen LogP contribution is 2.42. The van der Waals surface area contributed by atoms with Gasteiger partial charge in [-0.05, 0) is 20.7 Å². The molecule has 21 heavy (non-hydrogen) atoms. The van der Waals surface area contributed by atoms with Crippen molar-refractivity contribution in [1.82, 2.24) is 9.55 Å². The summed E-state index contributed by atoms with van der Waals surface area (Å²) in [4.78, 5) is 25.5. The van der Waals surface area contributed by atoms with Crippen molar-refractivity contribution < 1.29 is 15.6 Å². The molecular weight excluding hydrogens is 278 g/mol. The molecular formula is C13H15N3O5. The van der Waals surface area contributed by atoms with Crippen LogP contribution in [-0.2, 0) is 14.2 Å². The summed E-state index contributed by atoms with van der Waals surface area (Å²) in [5.74, 6) is -0.872. The van der Waals surface area contributed by atoms with Crippen LogP contribution in [0.3, 0.4) is 0 Å². The SMILES string of the molecule is [3H]C[C@H]1O[C@@H](n2c(C#N)cc(=O)[nH]c2=O)C2OC(C)(C)O[C@H]21. The fraction of sp³-hybridized carbons (Fsp3) is 0.615. The third-order valence-corrected chi connectivity index (χ3v) is 3.47. The van der Waals surface area contributed by atoms with Crippen molar-refractivity contribution >= 4 is 0 Å². The molecule has 2 saturated heterocycles. The normalized spacial score (nSPS) is 34.2. The first-order valence-electron chi connectivity index (χ1n) is 7.13. The quantitative estimate of drug-likeness (QED) is 0.772. The van der Waals surface area contributed by atoms with E-state index in [9.17, 15) is 9.59 Å². The molecule has 3 heterocycles. The van der Waals surface area contributed by atoms with Gasteiger partial charge in [-0.15, -0.1) is 0 Å². The molecule has 1 N–H and O–H groups in total. The standard InChI is InChI=1S/C13H15N3O5/c1-6-9-10(21-13(2,3)20-9)11(19-6)16-7(5-14)4-8(17)15-12(16)18/h4,6,9-11H,1-3H3,(H,15,17,18)/t6-,9+,10?,11-/m1/s1/i1T. The van der Waals surface area contributed by atoms with Crippen LogP contribution in [-0.4, -0.2) is 33.7 Å². The van der Waals surface area contributed by atoms with E-state index in [2.05, 4.69) is 4.98 Å². The average Bonchev–Trinajstić information content (AvgIpc) is 2.91. The number of fused-ring (bicyclic) bond motifs is 1. The third-order valence-electron chi connectivity index (χ3n) is 3.47. The summed E-state index contributed by atoms with van der Waals surface area (Å²) in [6.45, 7) is 3.38. The third kappa shape index (κ3) is 2.19. The zero-order valence-corrected chi connectivity index (χ0v) is 11.5. The average molecular weight is 295 g/mol. The van der Waals surface area contributed by atoms with Crippen LogP contribution in [0.5, 0.6) is 0 Å². The van der Waals surface area contributed by atoms with Crippen LogP contribution in [0.15, 0.2) is 15.7 Å². The van der Waals surface area contributed by atoms with E-state index >= 15 is 0 Å². The van der Waals surface area contributed by atoms with Gasteiger partial charge in [0.1, 0.15) is 24.0 Å². The highest BCUT2D eigenvalue weighted by molar-refractivity contribution is 5.20. The minimum Gasteiger partial charge on any atom is -0.349 e. The lowest BCUT2D eigenvalue weighted by Crippen LogP contribution is -2.39. The van der Waals surface area contributed by atoms with E-state index in [4.69, 9.17) is 20.8 Å². The van der Waals surface area contributed by atoms with Crippen LogP contribution in [0.25, 0.3) is 0 Å². The molecule has 8 heteroatoms. The van der Waals surface area contributed by atoms with Gasteiger partial charge < -0.3 is 14.2 Å². The first-order chi connectivity index (χ1) is 10.4. The molecule has 2 aliphatic rings. The van der Waals surface area contributed by atoms with Crippen LogP contribution in [0.4, 0.5) is 0 Å². The molecule has 1 aromatic heterocycles. The van der Waals surface area contributed by atoms with E-state index in [-0.39, 0.29) is 12.6 Å². The topological polar surface area (TPSA) is 106 Å². The van der Waals surface area contributed by atoms with Crippen molar-refractivity contribution in [2.45, 2.75) is 51.1 Å². The number of hydrogen-bond acceptors (Lipinski definition) is 6. The molecule has 1 aromatic rings. The second kappa shape index (κ2) is 4.53. The van der Waals surface area contributed by atoms with Gasteiger partial charge in [0.25, 0.3) is 5.56 Å². The molecule has 1 unspecified atom stereocenters. The lowest BCUT2D eigenvalue weighted by molar-refractivity contribution is -0.195. The van der Waals surface area contributed by atoms with Crippen LogP contribution in [0.1, 0.15) is 34.0 Å². The molecule has 0 aliphatic carbocycles. The summed E-state index contributed by atoms with van der Waals surface area (Å²) < 4.78 is 25.8. The molecule has 2 fully saturated rings. The van der Waals surface area contributed by atoms with Crippen LogP contribution < -0.4 is 11.2 Å². The van der Waals surface area contributed by atoms with E-state index in [1.54, 1.807) is 13.8 Å². The lowest BCUT2D eigenvalue weighted by atomic mass is 10.1. The zero-order chi connectivity index (χ0) is 16.1. The smallest absolute Gasteiger partial charge is 0.331 e. The molecule has 3 rings (SSSR count). The van der Waals surface area contributed by atoms with Gasteiger partial charge in [0.2, 0.25) is 0 Å². The Hall–Kier alpha value is -1.95. The maximum absolute atomic E-state index is 12.1. The van der Waals surface area contributed by atoms with Crippen LogP contribution in [0.2, 0.25) is 0 Å². The monoisotopic (exact) mass is 295 g/mol. The Morgan fingerprint density at radius 3 is 2.81 bits per heavy atom. The van der Waals surface area contributed by atoms with Gasteiger partial charge in [-0.3, -0.25) is 14.3 Å². The summed E-state index contributed by atoms with van der Waals surface area (Å²) in [6.07, 6.45) is -2.66. The number of nitrogens with one attached hydrogen (secondary N) is 1. The van der Waals surface area contributed by atoms with Gasteiger partial charge in [0, 0.05) is 7.44 Å². The highest BCUT2D eigenvalue weighted by Gasteiger charge is 2.55. The van der Waals surface area contributed by atoms with E-state index in [0.717, 1.165) is 10.6 Å². The molecule has 0 amide bonds. The minimum absolute atomic E-state index is 0.0723. The van der Waals surface area contributed by atoms with Crippen LogP contribution in [0, 0.1) is 11.3 Å². The first kappa shape index (κ1) is 12.8. The number of rotatable bonds is 1. The number of nitriles is 1. The fourth-order valence-corrected chi connectivity index (χ4v) is 2.71. The summed E-state index contributed by atoms with van der Waals surface area (Å²) in [7, 11) is 0.